The molecule has 0 atom stereocenters. The van der Waals surface area contributed by atoms with E-state index in [1.807, 2.05) is 47.4 Å². The standard InChI is InChI=1S/C23H20N4O3S/c1-15-24-21(25-30-15)16-6-8-17(9-7-16)22(28)26-10-12-27(13-11-26)23(29)20-14-18-4-2-3-5-19(18)31-20/h2-9,14H,10-13H2,1H3. The molecule has 0 aliphatic carbocycles. The summed E-state index contributed by atoms with van der Waals surface area (Å²) in [6, 6.07) is 17.1. The summed E-state index contributed by atoms with van der Waals surface area (Å²) in [5.41, 5.74) is 1.40. The topological polar surface area (TPSA) is 79.5 Å². The van der Waals surface area contributed by atoms with Crippen LogP contribution in [0, 0.1) is 6.92 Å². The van der Waals surface area contributed by atoms with Crippen LogP contribution in [0.2, 0.25) is 0 Å². The number of hydrogen-bond donors (Lipinski definition) is 0. The van der Waals surface area contributed by atoms with Gasteiger partial charge in [-0.1, -0.05) is 35.5 Å². The summed E-state index contributed by atoms with van der Waals surface area (Å²) >= 11 is 1.52. The van der Waals surface area contributed by atoms with Crippen LogP contribution >= 0.6 is 11.3 Å². The average molecular weight is 433 g/mol. The lowest BCUT2D eigenvalue weighted by molar-refractivity contribution is 0.0538. The van der Waals surface area contributed by atoms with Crippen LogP contribution in [0.3, 0.4) is 0 Å². The summed E-state index contributed by atoms with van der Waals surface area (Å²) in [5.74, 6) is 1.00. The van der Waals surface area contributed by atoms with Crippen molar-refractivity contribution in [2.75, 3.05) is 26.2 Å². The number of nitrogens with zero attached hydrogens (tertiary/aromatic N) is 4. The fraction of sp³-hybridized carbons (Fsp3) is 0.217. The highest BCUT2D eigenvalue weighted by molar-refractivity contribution is 7.20. The third kappa shape index (κ3) is 3.82. The first kappa shape index (κ1) is 19.4. The molecule has 5 rings (SSSR count). The predicted molar refractivity (Wildman–Crippen MR) is 118 cm³/mol. The van der Waals surface area contributed by atoms with E-state index in [-0.39, 0.29) is 11.8 Å². The Kier molecular flexibility index (Phi) is 4.99. The zero-order valence-electron chi connectivity index (χ0n) is 16.9. The molecule has 1 fully saturated rings. The maximum absolute atomic E-state index is 12.9. The lowest BCUT2D eigenvalue weighted by Gasteiger charge is -2.34. The van der Waals surface area contributed by atoms with Gasteiger partial charge in [-0.15, -0.1) is 11.3 Å². The van der Waals surface area contributed by atoms with Crippen LogP contribution in [0.5, 0.6) is 0 Å². The molecule has 0 saturated carbocycles. The number of aromatic nitrogens is 2. The highest BCUT2D eigenvalue weighted by Crippen LogP contribution is 2.27. The number of fused-ring (bicyclic) bond motifs is 1. The van der Waals surface area contributed by atoms with E-state index in [1.165, 1.54) is 11.3 Å². The highest BCUT2D eigenvalue weighted by atomic mass is 32.1. The molecule has 0 spiro atoms. The minimum absolute atomic E-state index is 0.0352. The van der Waals surface area contributed by atoms with E-state index < -0.39 is 0 Å². The third-order valence-corrected chi connectivity index (χ3v) is 6.51. The van der Waals surface area contributed by atoms with Gasteiger partial charge >= 0.3 is 0 Å². The Labute approximate surface area is 182 Å². The van der Waals surface area contributed by atoms with Crippen molar-refractivity contribution >= 4 is 33.2 Å². The van der Waals surface area contributed by atoms with Crippen LogP contribution in [-0.4, -0.2) is 57.9 Å². The van der Waals surface area contributed by atoms with Crippen molar-refractivity contribution in [3.63, 3.8) is 0 Å². The normalized spacial score (nSPS) is 14.2. The molecule has 156 valence electrons. The Bertz CT molecular complexity index is 1220. The van der Waals surface area contributed by atoms with Crippen LogP contribution in [-0.2, 0) is 0 Å². The second kappa shape index (κ2) is 7.96. The van der Waals surface area contributed by atoms with Gasteiger partial charge in [0.2, 0.25) is 11.7 Å². The molecule has 0 radical (unpaired) electrons. The number of amides is 2. The first-order chi connectivity index (χ1) is 15.1. The maximum atomic E-state index is 12.9. The van der Waals surface area contributed by atoms with Crippen LogP contribution in [0.25, 0.3) is 21.5 Å². The van der Waals surface area contributed by atoms with Gasteiger partial charge in [-0.2, -0.15) is 4.98 Å². The minimum atomic E-state index is -0.0372. The maximum Gasteiger partial charge on any atom is 0.264 e. The summed E-state index contributed by atoms with van der Waals surface area (Å²) in [6.45, 7) is 3.82. The molecule has 0 N–H and O–H groups in total. The average Bonchev–Trinajstić information content (AvgIpc) is 3.44. The van der Waals surface area contributed by atoms with E-state index in [2.05, 4.69) is 10.1 Å². The summed E-state index contributed by atoms with van der Waals surface area (Å²) in [5, 5.41) is 4.98. The number of carbonyl (C=O) groups is 2. The monoisotopic (exact) mass is 432 g/mol. The number of thiophene rings is 1. The van der Waals surface area contributed by atoms with Crippen LogP contribution in [0.1, 0.15) is 25.9 Å². The Morgan fingerprint density at radius 2 is 1.61 bits per heavy atom. The van der Waals surface area contributed by atoms with Gasteiger partial charge in [0, 0.05) is 48.9 Å². The van der Waals surface area contributed by atoms with E-state index in [0.717, 1.165) is 20.5 Å². The molecule has 1 aliphatic heterocycles. The van der Waals surface area contributed by atoms with E-state index in [1.54, 1.807) is 24.0 Å². The van der Waals surface area contributed by atoms with Gasteiger partial charge in [0.25, 0.3) is 11.8 Å². The SMILES string of the molecule is Cc1nc(-c2ccc(C(=O)N3CCN(C(=O)c4cc5ccccc5s4)CC3)cc2)no1. The number of hydrogen-bond acceptors (Lipinski definition) is 6. The molecular formula is C23H20N4O3S. The molecule has 7 nitrogen and oxygen atoms in total. The van der Waals surface area contributed by atoms with Crippen molar-refractivity contribution in [2.24, 2.45) is 0 Å². The van der Waals surface area contributed by atoms with E-state index in [0.29, 0.717) is 43.5 Å². The summed E-state index contributed by atoms with van der Waals surface area (Å²) in [7, 11) is 0. The molecule has 1 saturated heterocycles. The number of aryl methyl sites for hydroxylation is 1. The van der Waals surface area contributed by atoms with Crippen molar-refractivity contribution < 1.29 is 14.1 Å². The Hall–Kier alpha value is -3.52. The van der Waals surface area contributed by atoms with Gasteiger partial charge in [-0.3, -0.25) is 9.59 Å². The Morgan fingerprint density at radius 1 is 0.935 bits per heavy atom. The molecule has 2 aromatic heterocycles. The van der Waals surface area contributed by atoms with E-state index in [4.69, 9.17) is 4.52 Å². The van der Waals surface area contributed by atoms with Crippen molar-refractivity contribution in [3.05, 3.63) is 70.9 Å². The number of benzene rings is 2. The quantitative estimate of drug-likeness (QED) is 0.491. The zero-order chi connectivity index (χ0) is 21.4. The van der Waals surface area contributed by atoms with Gasteiger partial charge in [-0.05, 0) is 29.7 Å². The van der Waals surface area contributed by atoms with Crippen molar-refractivity contribution in [2.45, 2.75) is 6.92 Å². The van der Waals surface area contributed by atoms with Gasteiger partial charge in [0.1, 0.15) is 0 Å². The summed E-state index contributed by atoms with van der Waals surface area (Å²) in [6.07, 6.45) is 0. The molecule has 2 aromatic carbocycles. The van der Waals surface area contributed by atoms with Crippen molar-refractivity contribution in [3.8, 4) is 11.4 Å². The molecule has 2 amide bonds. The number of carbonyl (C=O) groups excluding carboxylic acids is 2. The van der Waals surface area contributed by atoms with Gasteiger partial charge in [0.15, 0.2) is 0 Å². The molecule has 1 aliphatic rings. The van der Waals surface area contributed by atoms with E-state index >= 15 is 0 Å². The second-order valence-electron chi connectivity index (χ2n) is 7.45. The lowest BCUT2D eigenvalue weighted by Crippen LogP contribution is -2.50. The second-order valence-corrected chi connectivity index (χ2v) is 8.53. The number of piperazine rings is 1. The molecule has 3 heterocycles. The van der Waals surface area contributed by atoms with Gasteiger partial charge in [-0.25, -0.2) is 0 Å². The third-order valence-electron chi connectivity index (χ3n) is 5.41. The zero-order valence-corrected chi connectivity index (χ0v) is 17.8. The lowest BCUT2D eigenvalue weighted by atomic mass is 10.1. The number of rotatable bonds is 3. The Balaban J connectivity index is 1.22. The van der Waals surface area contributed by atoms with Crippen LogP contribution in [0.4, 0.5) is 0 Å². The first-order valence-corrected chi connectivity index (χ1v) is 10.9. The molecular weight excluding hydrogens is 412 g/mol. The first-order valence-electron chi connectivity index (χ1n) is 10.1. The predicted octanol–water partition coefficient (Wildman–Crippen LogP) is 3.86. The van der Waals surface area contributed by atoms with Crippen LogP contribution in [0.15, 0.2) is 59.1 Å². The molecule has 4 aromatic rings. The summed E-state index contributed by atoms with van der Waals surface area (Å²) < 4.78 is 6.11. The van der Waals surface area contributed by atoms with E-state index in [9.17, 15) is 9.59 Å². The minimum Gasteiger partial charge on any atom is -0.339 e. The van der Waals surface area contributed by atoms with Gasteiger partial charge < -0.3 is 14.3 Å². The van der Waals surface area contributed by atoms with Crippen LogP contribution < -0.4 is 0 Å². The fourth-order valence-electron chi connectivity index (χ4n) is 3.72. The largest absolute Gasteiger partial charge is 0.339 e. The molecule has 31 heavy (non-hydrogen) atoms. The van der Waals surface area contributed by atoms with Crippen molar-refractivity contribution in [1.29, 1.82) is 0 Å². The molecule has 8 heteroatoms. The molecule has 0 bridgehead atoms. The van der Waals surface area contributed by atoms with Crippen molar-refractivity contribution in [1.82, 2.24) is 19.9 Å². The summed E-state index contributed by atoms with van der Waals surface area (Å²) in [4.78, 5) is 34.4. The fourth-order valence-corrected chi connectivity index (χ4v) is 4.75. The van der Waals surface area contributed by atoms with Gasteiger partial charge in [0.05, 0.1) is 4.88 Å². The smallest absolute Gasteiger partial charge is 0.264 e. The highest BCUT2D eigenvalue weighted by Gasteiger charge is 2.26. The molecule has 0 unspecified atom stereocenters. The Morgan fingerprint density at radius 3 is 2.26 bits per heavy atom.